The number of halogens is 1. The summed E-state index contributed by atoms with van der Waals surface area (Å²) >= 11 is 6.03. The molecule has 0 aliphatic heterocycles. The van der Waals surface area contributed by atoms with Gasteiger partial charge in [-0.1, -0.05) is 23.7 Å². The van der Waals surface area contributed by atoms with E-state index >= 15 is 0 Å². The first-order valence-corrected chi connectivity index (χ1v) is 8.17. The van der Waals surface area contributed by atoms with Crippen molar-refractivity contribution in [3.63, 3.8) is 0 Å². The molecular weight excluding hydrogens is 326 g/mol. The Morgan fingerprint density at radius 3 is 2.50 bits per heavy atom. The summed E-state index contributed by atoms with van der Waals surface area (Å²) in [5.74, 6) is 2.67. The minimum absolute atomic E-state index is 0.563. The predicted octanol–water partition coefficient (Wildman–Crippen LogP) is 4.59. The lowest BCUT2D eigenvalue weighted by Crippen LogP contribution is -1.98. The van der Waals surface area contributed by atoms with Crippen molar-refractivity contribution in [3.8, 4) is 34.3 Å². The molecule has 0 fully saturated rings. The first-order chi connectivity index (χ1) is 11.7. The Labute approximate surface area is 145 Å². The van der Waals surface area contributed by atoms with E-state index in [0.29, 0.717) is 35.6 Å². The summed E-state index contributed by atoms with van der Waals surface area (Å²) in [7, 11) is 0. The first kappa shape index (κ1) is 16.3. The molecule has 0 radical (unpaired) electrons. The summed E-state index contributed by atoms with van der Waals surface area (Å²) < 4.78 is 11.2. The number of nitrogens with zero attached hydrogens (tertiary/aromatic N) is 2. The third-order valence-electron chi connectivity index (χ3n) is 3.39. The van der Waals surface area contributed by atoms with Crippen molar-refractivity contribution in [2.45, 2.75) is 13.8 Å². The quantitative estimate of drug-likeness (QED) is 0.711. The highest BCUT2D eigenvalue weighted by Crippen LogP contribution is 2.32. The fraction of sp³-hybridized carbons (Fsp3) is 0.222. The minimum Gasteiger partial charge on any atom is -0.490 e. The van der Waals surface area contributed by atoms with E-state index in [1.165, 1.54) is 0 Å². The zero-order valence-electron chi connectivity index (χ0n) is 13.5. The lowest BCUT2D eigenvalue weighted by atomic mass is 10.2. The predicted molar refractivity (Wildman–Crippen MR) is 94.6 cm³/mol. The molecule has 124 valence electrons. The summed E-state index contributed by atoms with van der Waals surface area (Å²) in [5, 5.41) is 7.88. The summed E-state index contributed by atoms with van der Waals surface area (Å²) in [6, 6.07) is 13.1. The number of aromatic nitrogens is 3. The highest BCUT2D eigenvalue weighted by molar-refractivity contribution is 6.30. The number of hydrogen-bond acceptors (Lipinski definition) is 4. The molecule has 0 atom stereocenters. The van der Waals surface area contributed by atoms with Gasteiger partial charge in [0.2, 0.25) is 0 Å². The average molecular weight is 344 g/mol. The molecule has 3 aromatic rings. The highest BCUT2D eigenvalue weighted by Gasteiger charge is 2.12. The van der Waals surface area contributed by atoms with Crippen molar-refractivity contribution >= 4 is 11.6 Å². The normalized spacial score (nSPS) is 10.6. The van der Waals surface area contributed by atoms with E-state index in [2.05, 4.69) is 15.2 Å². The van der Waals surface area contributed by atoms with Crippen molar-refractivity contribution in [2.24, 2.45) is 0 Å². The van der Waals surface area contributed by atoms with Crippen LogP contribution in [-0.2, 0) is 0 Å². The monoisotopic (exact) mass is 343 g/mol. The van der Waals surface area contributed by atoms with Crippen LogP contribution in [0.25, 0.3) is 22.8 Å². The zero-order valence-corrected chi connectivity index (χ0v) is 14.3. The molecule has 0 aliphatic rings. The number of benzene rings is 2. The smallest absolute Gasteiger partial charge is 0.181 e. The van der Waals surface area contributed by atoms with Gasteiger partial charge < -0.3 is 9.47 Å². The van der Waals surface area contributed by atoms with Crippen molar-refractivity contribution in [1.82, 2.24) is 15.2 Å². The van der Waals surface area contributed by atoms with Crippen molar-refractivity contribution in [3.05, 3.63) is 47.5 Å². The Balaban J connectivity index is 1.93. The van der Waals surface area contributed by atoms with Gasteiger partial charge in [-0.3, -0.25) is 5.10 Å². The van der Waals surface area contributed by atoms with Gasteiger partial charge in [0.15, 0.2) is 23.1 Å². The molecule has 0 spiro atoms. The van der Waals surface area contributed by atoms with Crippen LogP contribution in [0.3, 0.4) is 0 Å². The molecule has 6 heteroatoms. The number of hydrogen-bond donors (Lipinski definition) is 1. The molecular formula is C18H18ClN3O2. The lowest BCUT2D eigenvalue weighted by Gasteiger charge is -2.11. The van der Waals surface area contributed by atoms with E-state index < -0.39 is 0 Å². The fourth-order valence-corrected chi connectivity index (χ4v) is 2.54. The SMILES string of the molecule is CCOc1ccc(-c2nc(-c3cccc(Cl)c3)n[nH]2)cc1OCC. The third kappa shape index (κ3) is 3.51. The van der Waals surface area contributed by atoms with Crippen LogP contribution in [0.1, 0.15) is 13.8 Å². The second-order valence-electron chi connectivity index (χ2n) is 5.05. The first-order valence-electron chi connectivity index (χ1n) is 7.79. The Hall–Kier alpha value is -2.53. The molecule has 0 unspecified atom stereocenters. The number of rotatable bonds is 6. The molecule has 2 aromatic carbocycles. The molecule has 24 heavy (non-hydrogen) atoms. The topological polar surface area (TPSA) is 60.0 Å². The van der Waals surface area contributed by atoms with E-state index in [1.807, 2.05) is 56.3 Å². The molecule has 0 amide bonds. The van der Waals surface area contributed by atoms with Crippen molar-refractivity contribution in [2.75, 3.05) is 13.2 Å². The Kier molecular flexibility index (Phi) is 5.01. The lowest BCUT2D eigenvalue weighted by molar-refractivity contribution is 0.288. The van der Waals surface area contributed by atoms with Crippen LogP contribution in [0.5, 0.6) is 11.5 Å². The standard InChI is InChI=1S/C18H18ClN3O2/c1-3-23-15-9-8-13(11-16(15)24-4-2)18-20-17(21-22-18)12-6-5-7-14(19)10-12/h5-11H,3-4H2,1-2H3,(H,20,21,22). The van der Waals surface area contributed by atoms with Crippen LogP contribution < -0.4 is 9.47 Å². The fourth-order valence-electron chi connectivity index (χ4n) is 2.35. The van der Waals surface area contributed by atoms with Crippen LogP contribution in [0.4, 0.5) is 0 Å². The Bertz CT molecular complexity index is 833. The average Bonchev–Trinajstić information content (AvgIpc) is 3.07. The molecule has 0 bridgehead atoms. The Morgan fingerprint density at radius 2 is 1.75 bits per heavy atom. The maximum atomic E-state index is 6.03. The van der Waals surface area contributed by atoms with Gasteiger partial charge in [-0.25, -0.2) is 4.98 Å². The number of ether oxygens (including phenoxy) is 2. The second kappa shape index (κ2) is 7.36. The van der Waals surface area contributed by atoms with Crippen LogP contribution >= 0.6 is 11.6 Å². The maximum Gasteiger partial charge on any atom is 0.181 e. The van der Waals surface area contributed by atoms with E-state index in [9.17, 15) is 0 Å². The van der Waals surface area contributed by atoms with Gasteiger partial charge >= 0.3 is 0 Å². The zero-order chi connectivity index (χ0) is 16.9. The number of nitrogens with one attached hydrogen (secondary N) is 1. The van der Waals surface area contributed by atoms with Gasteiger partial charge in [0, 0.05) is 16.1 Å². The summed E-state index contributed by atoms with van der Waals surface area (Å²) in [6.07, 6.45) is 0. The Morgan fingerprint density at radius 1 is 0.958 bits per heavy atom. The summed E-state index contributed by atoms with van der Waals surface area (Å²) in [5.41, 5.74) is 1.74. The van der Waals surface area contributed by atoms with Gasteiger partial charge in [-0.05, 0) is 44.2 Å². The molecule has 0 aliphatic carbocycles. The largest absolute Gasteiger partial charge is 0.490 e. The minimum atomic E-state index is 0.563. The van der Waals surface area contributed by atoms with Crippen LogP contribution in [0, 0.1) is 0 Å². The van der Waals surface area contributed by atoms with Crippen LogP contribution in [0.15, 0.2) is 42.5 Å². The van der Waals surface area contributed by atoms with E-state index in [4.69, 9.17) is 21.1 Å². The van der Waals surface area contributed by atoms with E-state index in [-0.39, 0.29) is 0 Å². The van der Waals surface area contributed by atoms with Crippen molar-refractivity contribution in [1.29, 1.82) is 0 Å². The van der Waals surface area contributed by atoms with Gasteiger partial charge in [0.25, 0.3) is 0 Å². The second-order valence-corrected chi connectivity index (χ2v) is 5.48. The maximum absolute atomic E-state index is 6.03. The third-order valence-corrected chi connectivity index (χ3v) is 3.62. The van der Waals surface area contributed by atoms with Gasteiger partial charge in [0.1, 0.15) is 0 Å². The molecule has 0 saturated carbocycles. The molecule has 5 nitrogen and oxygen atoms in total. The number of H-pyrrole nitrogens is 1. The molecule has 1 N–H and O–H groups in total. The molecule has 1 aromatic heterocycles. The van der Waals surface area contributed by atoms with E-state index in [1.54, 1.807) is 0 Å². The summed E-state index contributed by atoms with van der Waals surface area (Å²) in [6.45, 7) is 5.03. The van der Waals surface area contributed by atoms with Gasteiger partial charge in [-0.2, -0.15) is 5.10 Å². The molecule has 0 saturated heterocycles. The molecule has 1 heterocycles. The molecule has 3 rings (SSSR count). The number of aromatic amines is 1. The van der Waals surface area contributed by atoms with E-state index in [0.717, 1.165) is 16.9 Å². The van der Waals surface area contributed by atoms with Crippen LogP contribution in [-0.4, -0.2) is 28.4 Å². The van der Waals surface area contributed by atoms with Gasteiger partial charge in [0.05, 0.1) is 13.2 Å². The summed E-state index contributed by atoms with van der Waals surface area (Å²) in [4.78, 5) is 4.55. The van der Waals surface area contributed by atoms with Gasteiger partial charge in [-0.15, -0.1) is 0 Å². The highest BCUT2D eigenvalue weighted by atomic mass is 35.5. The van der Waals surface area contributed by atoms with Crippen molar-refractivity contribution < 1.29 is 9.47 Å². The van der Waals surface area contributed by atoms with Crippen LogP contribution in [0.2, 0.25) is 5.02 Å².